The van der Waals surface area contributed by atoms with Gasteiger partial charge >= 0.3 is 0 Å². The number of nitrogens with one attached hydrogen (secondary N) is 1. The van der Waals surface area contributed by atoms with Crippen LogP contribution < -0.4 is 5.32 Å². The van der Waals surface area contributed by atoms with Crippen molar-refractivity contribution in [1.29, 1.82) is 0 Å². The maximum absolute atomic E-state index is 10.7. The Morgan fingerprint density at radius 2 is 2.18 bits per heavy atom. The molecule has 11 heavy (non-hydrogen) atoms. The number of rotatable bonds is 1. The van der Waals surface area contributed by atoms with E-state index >= 15 is 0 Å². The average Bonchev–Trinajstić information content (AvgIpc) is 2.08. The molecule has 1 atom stereocenters. The SMILES string of the molecule is CC(=O)NC1CCC(C)(C)C1. The molecular weight excluding hydrogens is 138 g/mol. The Labute approximate surface area is 68.4 Å². The van der Waals surface area contributed by atoms with Crippen LogP contribution in [0.4, 0.5) is 0 Å². The summed E-state index contributed by atoms with van der Waals surface area (Å²) < 4.78 is 0. The number of amides is 1. The minimum atomic E-state index is 0.104. The van der Waals surface area contributed by atoms with Crippen LogP contribution in [-0.4, -0.2) is 11.9 Å². The smallest absolute Gasteiger partial charge is 0.217 e. The zero-order valence-corrected chi connectivity index (χ0v) is 7.61. The van der Waals surface area contributed by atoms with Gasteiger partial charge in [0.1, 0.15) is 0 Å². The average molecular weight is 155 g/mol. The first-order chi connectivity index (χ1) is 4.99. The lowest BCUT2D eigenvalue weighted by Crippen LogP contribution is -2.31. The van der Waals surface area contributed by atoms with Crippen molar-refractivity contribution in [2.75, 3.05) is 0 Å². The Hall–Kier alpha value is -0.530. The molecule has 1 aliphatic rings. The molecule has 64 valence electrons. The third-order valence-corrected chi connectivity index (χ3v) is 2.38. The van der Waals surface area contributed by atoms with Crippen LogP contribution in [0.3, 0.4) is 0 Å². The predicted molar refractivity (Wildman–Crippen MR) is 45.2 cm³/mol. The van der Waals surface area contributed by atoms with E-state index in [4.69, 9.17) is 0 Å². The standard InChI is InChI=1S/C9H17NO/c1-7(11)10-8-4-5-9(2,3)6-8/h8H,4-6H2,1-3H3,(H,10,11). The Kier molecular flexibility index (Phi) is 2.21. The quantitative estimate of drug-likeness (QED) is 0.613. The van der Waals surface area contributed by atoms with Crippen LogP contribution in [0.1, 0.15) is 40.0 Å². The first kappa shape index (κ1) is 8.57. The summed E-state index contributed by atoms with van der Waals surface area (Å²) in [7, 11) is 0. The van der Waals surface area contributed by atoms with E-state index in [1.54, 1.807) is 6.92 Å². The molecular formula is C9H17NO. The Morgan fingerprint density at radius 1 is 1.55 bits per heavy atom. The van der Waals surface area contributed by atoms with E-state index in [1.807, 2.05) is 0 Å². The summed E-state index contributed by atoms with van der Waals surface area (Å²) in [5.74, 6) is 0.104. The first-order valence-electron chi connectivity index (χ1n) is 4.27. The highest BCUT2D eigenvalue weighted by Gasteiger charge is 2.30. The second kappa shape index (κ2) is 2.84. The van der Waals surface area contributed by atoms with Gasteiger partial charge in [0.05, 0.1) is 0 Å². The molecule has 0 aromatic heterocycles. The van der Waals surface area contributed by atoms with Gasteiger partial charge in [-0.15, -0.1) is 0 Å². The molecule has 0 saturated heterocycles. The van der Waals surface area contributed by atoms with Crippen molar-refractivity contribution in [2.24, 2.45) is 5.41 Å². The molecule has 1 amide bonds. The Morgan fingerprint density at radius 3 is 2.55 bits per heavy atom. The van der Waals surface area contributed by atoms with Gasteiger partial charge in [-0.1, -0.05) is 13.8 Å². The zero-order valence-electron chi connectivity index (χ0n) is 7.61. The maximum atomic E-state index is 10.7. The van der Waals surface area contributed by atoms with Gasteiger partial charge in [0.2, 0.25) is 5.91 Å². The highest BCUT2D eigenvalue weighted by Crippen LogP contribution is 2.36. The van der Waals surface area contributed by atoms with Crippen LogP contribution in [0, 0.1) is 5.41 Å². The summed E-state index contributed by atoms with van der Waals surface area (Å²) in [6.07, 6.45) is 3.51. The van der Waals surface area contributed by atoms with Gasteiger partial charge in [-0.2, -0.15) is 0 Å². The molecule has 0 aromatic carbocycles. The summed E-state index contributed by atoms with van der Waals surface area (Å²) in [4.78, 5) is 10.7. The van der Waals surface area contributed by atoms with Gasteiger partial charge < -0.3 is 5.32 Å². The van der Waals surface area contributed by atoms with Crippen molar-refractivity contribution >= 4 is 5.91 Å². The maximum Gasteiger partial charge on any atom is 0.217 e. The van der Waals surface area contributed by atoms with Crippen molar-refractivity contribution < 1.29 is 4.79 Å². The van der Waals surface area contributed by atoms with Crippen LogP contribution in [0.5, 0.6) is 0 Å². The lowest BCUT2D eigenvalue weighted by Gasteiger charge is -2.17. The molecule has 1 unspecified atom stereocenters. The molecule has 2 heteroatoms. The lowest BCUT2D eigenvalue weighted by molar-refractivity contribution is -0.119. The van der Waals surface area contributed by atoms with E-state index in [9.17, 15) is 4.79 Å². The van der Waals surface area contributed by atoms with E-state index in [-0.39, 0.29) is 5.91 Å². The molecule has 0 bridgehead atoms. The normalized spacial score (nSPS) is 28.5. The molecule has 2 nitrogen and oxygen atoms in total. The molecule has 1 saturated carbocycles. The van der Waals surface area contributed by atoms with Crippen molar-refractivity contribution in [3.63, 3.8) is 0 Å². The highest BCUT2D eigenvalue weighted by molar-refractivity contribution is 5.73. The summed E-state index contributed by atoms with van der Waals surface area (Å²) in [5.41, 5.74) is 0.438. The van der Waals surface area contributed by atoms with E-state index in [1.165, 1.54) is 6.42 Å². The molecule has 1 fully saturated rings. The van der Waals surface area contributed by atoms with E-state index in [2.05, 4.69) is 19.2 Å². The fourth-order valence-corrected chi connectivity index (χ4v) is 1.85. The topological polar surface area (TPSA) is 29.1 Å². The lowest BCUT2D eigenvalue weighted by atomic mass is 9.92. The van der Waals surface area contributed by atoms with Gasteiger partial charge in [-0.25, -0.2) is 0 Å². The number of carbonyl (C=O) groups excluding carboxylic acids is 1. The molecule has 0 radical (unpaired) electrons. The Bertz CT molecular complexity index is 163. The van der Waals surface area contributed by atoms with Crippen LogP contribution in [0.2, 0.25) is 0 Å². The van der Waals surface area contributed by atoms with Gasteiger partial charge in [0.25, 0.3) is 0 Å². The number of hydrogen-bond donors (Lipinski definition) is 1. The van der Waals surface area contributed by atoms with Gasteiger partial charge in [0, 0.05) is 13.0 Å². The van der Waals surface area contributed by atoms with Crippen molar-refractivity contribution in [1.82, 2.24) is 5.32 Å². The van der Waals surface area contributed by atoms with Gasteiger partial charge in [-0.3, -0.25) is 4.79 Å². The van der Waals surface area contributed by atoms with E-state index < -0.39 is 0 Å². The summed E-state index contributed by atoms with van der Waals surface area (Å²) in [6, 6.07) is 0.433. The third-order valence-electron chi connectivity index (χ3n) is 2.38. The van der Waals surface area contributed by atoms with Gasteiger partial charge in [0.15, 0.2) is 0 Å². The minimum Gasteiger partial charge on any atom is -0.354 e. The molecule has 1 N–H and O–H groups in total. The van der Waals surface area contributed by atoms with Gasteiger partial charge in [-0.05, 0) is 24.7 Å². The monoisotopic (exact) mass is 155 g/mol. The van der Waals surface area contributed by atoms with Crippen LogP contribution in [-0.2, 0) is 4.79 Å². The fourth-order valence-electron chi connectivity index (χ4n) is 1.85. The Balaban J connectivity index is 2.36. The summed E-state index contributed by atoms with van der Waals surface area (Å²) in [5, 5.41) is 2.96. The third kappa shape index (κ3) is 2.52. The van der Waals surface area contributed by atoms with E-state index in [0.717, 1.165) is 12.8 Å². The summed E-state index contributed by atoms with van der Waals surface area (Å²) in [6.45, 7) is 6.11. The minimum absolute atomic E-state index is 0.104. The molecule has 0 aliphatic heterocycles. The van der Waals surface area contributed by atoms with Crippen molar-refractivity contribution in [3.05, 3.63) is 0 Å². The largest absolute Gasteiger partial charge is 0.354 e. The van der Waals surface area contributed by atoms with Crippen LogP contribution in [0.15, 0.2) is 0 Å². The molecule has 1 aliphatic carbocycles. The van der Waals surface area contributed by atoms with Crippen LogP contribution in [0.25, 0.3) is 0 Å². The zero-order chi connectivity index (χ0) is 8.48. The van der Waals surface area contributed by atoms with Crippen molar-refractivity contribution in [2.45, 2.75) is 46.1 Å². The second-order valence-corrected chi connectivity index (χ2v) is 4.30. The van der Waals surface area contributed by atoms with Crippen LogP contribution >= 0.6 is 0 Å². The predicted octanol–water partition coefficient (Wildman–Crippen LogP) is 1.70. The van der Waals surface area contributed by atoms with Crippen molar-refractivity contribution in [3.8, 4) is 0 Å². The molecule has 0 spiro atoms. The summed E-state index contributed by atoms with van der Waals surface area (Å²) >= 11 is 0. The number of hydrogen-bond acceptors (Lipinski definition) is 1. The molecule has 0 aromatic rings. The molecule has 1 rings (SSSR count). The highest BCUT2D eigenvalue weighted by atomic mass is 16.1. The first-order valence-corrected chi connectivity index (χ1v) is 4.27. The number of carbonyl (C=O) groups is 1. The fraction of sp³-hybridized carbons (Fsp3) is 0.889. The molecule has 0 heterocycles. The van der Waals surface area contributed by atoms with E-state index in [0.29, 0.717) is 11.5 Å². The second-order valence-electron chi connectivity index (χ2n) is 4.30.